The third-order valence-electron chi connectivity index (χ3n) is 7.04. The molecule has 1 amide bonds. The van der Waals surface area contributed by atoms with Crippen molar-refractivity contribution in [2.24, 2.45) is 20.0 Å². The second-order valence-electron chi connectivity index (χ2n) is 10.1. The normalized spacial score (nSPS) is 14.4. The number of amides is 1. The number of nitrogens with one attached hydrogen (secondary N) is 2. The first-order chi connectivity index (χ1) is 18.3. The summed E-state index contributed by atoms with van der Waals surface area (Å²) < 4.78 is 49.5. The Morgan fingerprint density at radius 2 is 1.72 bits per heavy atom. The van der Waals surface area contributed by atoms with Gasteiger partial charge in [-0.2, -0.15) is 13.2 Å². The molecule has 8 nitrogen and oxygen atoms in total. The molecule has 5 rings (SSSR count). The van der Waals surface area contributed by atoms with Crippen molar-refractivity contribution in [2.45, 2.75) is 38.9 Å². The second kappa shape index (κ2) is 9.48. The predicted octanol–water partition coefficient (Wildman–Crippen LogP) is 4.71. The fraction of sp³-hybridized carbons (Fsp3) is 0.321. The molecular weight excluding hydrogens is 513 g/mol. The van der Waals surface area contributed by atoms with Crippen molar-refractivity contribution in [1.82, 2.24) is 19.4 Å². The molecule has 3 heterocycles. The number of carbonyl (C=O) groups is 1. The van der Waals surface area contributed by atoms with E-state index in [1.54, 1.807) is 7.05 Å². The number of fused-ring (bicyclic) bond motifs is 1. The Hall–Kier alpha value is -4.28. The molecule has 0 aliphatic heterocycles. The average Bonchev–Trinajstić information content (AvgIpc) is 3.59. The average molecular weight is 541 g/mol. The number of aromatic nitrogens is 3. The molecule has 0 unspecified atom stereocenters. The number of pyridine rings is 2. The maximum Gasteiger partial charge on any atom is 0.408 e. The monoisotopic (exact) mass is 540 g/mol. The summed E-state index contributed by atoms with van der Waals surface area (Å²) in [7, 11) is 3.08. The number of ether oxygens (including phenoxy) is 1. The minimum Gasteiger partial charge on any atom is -0.455 e. The zero-order chi connectivity index (χ0) is 28.2. The molecule has 0 spiro atoms. The van der Waals surface area contributed by atoms with Crippen LogP contribution in [0.25, 0.3) is 22.0 Å². The largest absolute Gasteiger partial charge is 0.455 e. The Kier molecular flexibility index (Phi) is 6.40. The summed E-state index contributed by atoms with van der Waals surface area (Å²) in [5, 5.41) is 2.36. The highest BCUT2D eigenvalue weighted by Gasteiger charge is 2.49. The third-order valence-corrected chi connectivity index (χ3v) is 7.04. The highest BCUT2D eigenvalue weighted by atomic mass is 19.4. The van der Waals surface area contributed by atoms with Crippen molar-refractivity contribution in [2.75, 3.05) is 0 Å². The molecule has 39 heavy (non-hydrogen) atoms. The number of aryl methyl sites for hydroxylation is 4. The highest BCUT2D eigenvalue weighted by molar-refractivity contribution is 6.03. The number of aromatic amines is 1. The molecule has 1 aromatic carbocycles. The molecular formula is C28H27F3N4O4. The van der Waals surface area contributed by atoms with E-state index in [1.807, 2.05) is 32.0 Å². The minimum atomic E-state index is -4.59. The molecule has 0 bridgehead atoms. The van der Waals surface area contributed by atoms with Crippen molar-refractivity contribution in [1.29, 1.82) is 0 Å². The molecule has 11 heteroatoms. The summed E-state index contributed by atoms with van der Waals surface area (Å²) in [6.07, 6.45) is -0.782. The molecule has 3 aromatic heterocycles. The Morgan fingerprint density at radius 3 is 2.33 bits per heavy atom. The van der Waals surface area contributed by atoms with E-state index in [4.69, 9.17) is 4.74 Å². The summed E-state index contributed by atoms with van der Waals surface area (Å²) in [6, 6.07) is 6.41. The lowest BCUT2D eigenvalue weighted by Gasteiger charge is -2.20. The number of para-hydroxylation sites is 1. The predicted molar refractivity (Wildman–Crippen MR) is 140 cm³/mol. The van der Waals surface area contributed by atoms with Crippen LogP contribution < -0.4 is 21.2 Å². The Morgan fingerprint density at radius 1 is 1.05 bits per heavy atom. The smallest absolute Gasteiger partial charge is 0.408 e. The topological polar surface area (TPSA) is 98.1 Å². The van der Waals surface area contributed by atoms with Gasteiger partial charge in [-0.05, 0) is 49.8 Å². The summed E-state index contributed by atoms with van der Waals surface area (Å²) in [6.45, 7) is 3.78. The van der Waals surface area contributed by atoms with Gasteiger partial charge in [-0.1, -0.05) is 18.2 Å². The molecule has 1 aliphatic rings. The fourth-order valence-electron chi connectivity index (χ4n) is 4.75. The van der Waals surface area contributed by atoms with Gasteiger partial charge in [0.05, 0.1) is 6.20 Å². The lowest BCUT2D eigenvalue weighted by Crippen LogP contribution is -2.47. The molecule has 1 atom stereocenters. The van der Waals surface area contributed by atoms with Crippen molar-refractivity contribution >= 4 is 16.8 Å². The zero-order valence-electron chi connectivity index (χ0n) is 21.8. The summed E-state index contributed by atoms with van der Waals surface area (Å²) in [4.78, 5) is 41.3. The molecule has 4 aromatic rings. The lowest BCUT2D eigenvalue weighted by atomic mass is 10.0. The van der Waals surface area contributed by atoms with Crippen molar-refractivity contribution < 1.29 is 22.7 Å². The molecule has 0 radical (unpaired) electrons. The summed E-state index contributed by atoms with van der Waals surface area (Å²) >= 11 is 0. The van der Waals surface area contributed by atoms with Crippen LogP contribution in [0.5, 0.6) is 11.5 Å². The van der Waals surface area contributed by atoms with Crippen molar-refractivity contribution in [3.8, 4) is 22.6 Å². The van der Waals surface area contributed by atoms with E-state index in [2.05, 4.69) is 10.3 Å². The van der Waals surface area contributed by atoms with Gasteiger partial charge in [0.2, 0.25) is 0 Å². The van der Waals surface area contributed by atoms with Gasteiger partial charge in [0.25, 0.3) is 17.0 Å². The fourth-order valence-corrected chi connectivity index (χ4v) is 4.75. The van der Waals surface area contributed by atoms with Crippen LogP contribution in [0.2, 0.25) is 0 Å². The van der Waals surface area contributed by atoms with E-state index in [-0.39, 0.29) is 22.2 Å². The molecule has 0 saturated heterocycles. The molecule has 204 valence electrons. The van der Waals surface area contributed by atoms with Gasteiger partial charge in [0.1, 0.15) is 23.0 Å². The number of carbonyl (C=O) groups excluding carboxylic acids is 1. The first-order valence-corrected chi connectivity index (χ1v) is 12.4. The molecule has 1 fully saturated rings. The summed E-state index contributed by atoms with van der Waals surface area (Å²) in [5.41, 5.74) is 1.51. The molecule has 2 N–H and O–H groups in total. The van der Waals surface area contributed by atoms with Gasteiger partial charge in [0, 0.05) is 42.9 Å². The van der Waals surface area contributed by atoms with Crippen LogP contribution in [0, 0.1) is 19.8 Å². The Balaban J connectivity index is 1.64. The van der Waals surface area contributed by atoms with Crippen molar-refractivity contribution in [3.05, 3.63) is 80.3 Å². The van der Waals surface area contributed by atoms with Crippen LogP contribution in [0.1, 0.15) is 34.5 Å². The summed E-state index contributed by atoms with van der Waals surface area (Å²) in [5.74, 6) is -0.699. The van der Waals surface area contributed by atoms with E-state index in [9.17, 15) is 27.6 Å². The first kappa shape index (κ1) is 26.3. The number of H-pyrrole nitrogens is 1. The maximum absolute atomic E-state index is 13.5. The van der Waals surface area contributed by atoms with Crippen molar-refractivity contribution in [3.63, 3.8) is 0 Å². The maximum atomic E-state index is 13.5. The molecule has 1 aliphatic carbocycles. The lowest BCUT2D eigenvalue weighted by molar-refractivity contribution is -0.158. The van der Waals surface area contributed by atoms with Gasteiger partial charge in [-0.15, -0.1) is 0 Å². The zero-order valence-corrected chi connectivity index (χ0v) is 21.8. The quantitative estimate of drug-likeness (QED) is 0.370. The number of benzene rings is 1. The van der Waals surface area contributed by atoms with Crippen LogP contribution in [-0.2, 0) is 14.1 Å². The van der Waals surface area contributed by atoms with E-state index in [0.717, 1.165) is 11.1 Å². The van der Waals surface area contributed by atoms with Crippen LogP contribution in [-0.4, -0.2) is 32.2 Å². The van der Waals surface area contributed by atoms with Gasteiger partial charge < -0.3 is 24.2 Å². The van der Waals surface area contributed by atoms with E-state index < -0.39 is 29.6 Å². The van der Waals surface area contributed by atoms with Crippen LogP contribution >= 0.6 is 0 Å². The third kappa shape index (κ3) is 4.96. The number of halogens is 3. The highest BCUT2D eigenvalue weighted by Crippen LogP contribution is 2.41. The molecule has 1 saturated carbocycles. The van der Waals surface area contributed by atoms with Gasteiger partial charge in [0.15, 0.2) is 5.75 Å². The van der Waals surface area contributed by atoms with Crippen LogP contribution in [0.3, 0.4) is 0 Å². The Bertz CT molecular complexity index is 1710. The van der Waals surface area contributed by atoms with Gasteiger partial charge >= 0.3 is 6.18 Å². The first-order valence-electron chi connectivity index (χ1n) is 12.4. The van der Waals surface area contributed by atoms with Gasteiger partial charge in [-0.3, -0.25) is 14.4 Å². The standard InChI is InChI=1S/C28H27F3N4O4/c1-14-6-5-7-15(2)24(14)39-21-13-34(3)22(36)11-17(21)19-12-35(4)27(38)23-18(19)10-20(32-23)26(37)33-25(16-8-9-16)28(29,30)31/h5-7,10-13,16,25,32H,8-9H2,1-4H3,(H,33,37)/t25-/m1/s1. The SMILES string of the molecule is Cc1cccc(C)c1Oc1cn(C)c(=O)cc1-c1cn(C)c(=O)c2[nH]c(C(=O)N[C@H](C3CC3)C(F)(F)F)cc12. The number of hydrogen-bond donors (Lipinski definition) is 2. The van der Waals surface area contributed by atoms with Gasteiger partial charge in [-0.25, -0.2) is 0 Å². The minimum absolute atomic E-state index is 0.0221. The Labute approximate surface area is 221 Å². The number of hydrogen-bond acceptors (Lipinski definition) is 4. The van der Waals surface area contributed by atoms with E-state index in [1.165, 1.54) is 40.7 Å². The van der Waals surface area contributed by atoms with Crippen LogP contribution in [0.15, 0.2) is 52.3 Å². The van der Waals surface area contributed by atoms with E-state index in [0.29, 0.717) is 35.5 Å². The number of alkyl halides is 3. The van der Waals surface area contributed by atoms with Crippen LogP contribution in [0.4, 0.5) is 13.2 Å². The number of rotatable bonds is 6. The second-order valence-corrected chi connectivity index (χ2v) is 10.1. The van der Waals surface area contributed by atoms with E-state index >= 15 is 0 Å². The number of nitrogens with zero attached hydrogens (tertiary/aromatic N) is 2.